The second kappa shape index (κ2) is 14.4. The number of aromatic nitrogens is 3. The van der Waals surface area contributed by atoms with Crippen molar-refractivity contribution < 1.29 is 28.7 Å². The summed E-state index contributed by atoms with van der Waals surface area (Å²) in [6.07, 6.45) is 3.45. The summed E-state index contributed by atoms with van der Waals surface area (Å²) in [6.45, 7) is 10.4. The summed E-state index contributed by atoms with van der Waals surface area (Å²) in [4.78, 5) is 70.6. The van der Waals surface area contributed by atoms with E-state index in [2.05, 4.69) is 10.3 Å². The number of amides is 2. The number of ether oxygens (including phenoxy) is 2. The summed E-state index contributed by atoms with van der Waals surface area (Å²) < 4.78 is 13.7. The Bertz CT molecular complexity index is 1640. The minimum absolute atomic E-state index is 0.0565. The van der Waals surface area contributed by atoms with Crippen LogP contribution in [0.5, 0.6) is 0 Å². The first kappa shape index (κ1) is 34.7. The van der Waals surface area contributed by atoms with Crippen molar-refractivity contribution in [3.8, 4) is 0 Å². The fourth-order valence-electron chi connectivity index (χ4n) is 4.36. The molecule has 0 unspecified atom stereocenters. The molecule has 0 aliphatic rings. The Morgan fingerprint density at radius 2 is 1.64 bits per heavy atom. The number of carbonyl (C=O) groups excluding carboxylic acids is 4. The van der Waals surface area contributed by atoms with E-state index in [1.165, 1.54) is 20.1 Å². The highest BCUT2D eigenvalue weighted by Gasteiger charge is 2.26. The Labute approximate surface area is 263 Å². The molecule has 3 rings (SSSR count). The Kier molecular flexibility index (Phi) is 11.1. The van der Waals surface area contributed by atoms with Gasteiger partial charge in [-0.15, -0.1) is 0 Å². The van der Waals surface area contributed by atoms with Gasteiger partial charge in [0.15, 0.2) is 5.78 Å². The van der Waals surface area contributed by atoms with Gasteiger partial charge in [0, 0.05) is 32.3 Å². The average molecular weight is 622 g/mol. The number of pyridine rings is 1. The summed E-state index contributed by atoms with van der Waals surface area (Å²) in [5, 5.41) is 2.62. The molecule has 242 valence electrons. The van der Waals surface area contributed by atoms with E-state index >= 15 is 0 Å². The third kappa shape index (κ3) is 10.2. The zero-order valence-electron chi connectivity index (χ0n) is 27.2. The number of hydrogen-bond acceptors (Lipinski definition) is 8. The summed E-state index contributed by atoms with van der Waals surface area (Å²) in [7, 11) is 3.26. The van der Waals surface area contributed by atoms with Crippen LogP contribution in [0.2, 0.25) is 0 Å². The molecular formula is C33H43N5O7. The van der Waals surface area contributed by atoms with E-state index in [9.17, 15) is 24.0 Å². The van der Waals surface area contributed by atoms with E-state index in [1.807, 2.05) is 0 Å². The Balaban J connectivity index is 1.87. The second-order valence-corrected chi connectivity index (χ2v) is 12.9. The van der Waals surface area contributed by atoms with Crippen molar-refractivity contribution in [2.24, 2.45) is 0 Å². The number of fused-ring (bicyclic) bond motifs is 1. The number of allylic oxidation sites excluding steroid dienone is 1. The number of hydrogen-bond donors (Lipinski definition) is 1. The van der Waals surface area contributed by atoms with Gasteiger partial charge in [0.2, 0.25) is 5.91 Å². The van der Waals surface area contributed by atoms with Crippen molar-refractivity contribution in [2.45, 2.75) is 84.6 Å². The number of likely N-dealkylation sites (N-methyl/N-ethyl adjacent to an activating group) is 1. The molecule has 1 N–H and O–H groups in total. The lowest BCUT2D eigenvalue weighted by molar-refractivity contribution is -0.123. The molecule has 3 aromatic rings. The van der Waals surface area contributed by atoms with Crippen molar-refractivity contribution in [1.29, 1.82) is 0 Å². The standard InChI is InChI=1S/C33H43N5O7/c1-32(2,3)44-30(42)35-24(16-10-12-18-28(40)36(7)8)26(39)20-22-14-13-19-37(29(22)41)21-27-34-23-15-9-11-17-25(23)38(27)31(43)45-33(4,5)6/h9,11-15,17-19,24H,10,16,20-21H2,1-8H3,(H,35,42)/b18-12+/t24-/m0/s1. The maximum absolute atomic E-state index is 13.6. The van der Waals surface area contributed by atoms with Gasteiger partial charge < -0.3 is 24.3 Å². The molecule has 2 aromatic heterocycles. The van der Waals surface area contributed by atoms with Crippen molar-refractivity contribution in [3.63, 3.8) is 0 Å². The molecule has 0 spiro atoms. The SMILES string of the molecule is CN(C)C(=O)/C=C/CC[C@H](NC(=O)OC(C)(C)C)C(=O)Cc1cccn(Cc2nc3ccccc3n2C(=O)OC(C)(C)C)c1=O. The number of carbonyl (C=O) groups is 4. The van der Waals surface area contributed by atoms with E-state index in [0.29, 0.717) is 23.3 Å². The third-order valence-electron chi connectivity index (χ3n) is 6.38. The van der Waals surface area contributed by atoms with Crippen LogP contribution in [0.15, 0.2) is 59.5 Å². The molecule has 1 aromatic carbocycles. The van der Waals surface area contributed by atoms with Crippen LogP contribution < -0.4 is 10.9 Å². The number of nitrogens with zero attached hydrogens (tertiary/aromatic N) is 4. The fraction of sp³-hybridized carbons (Fsp3) is 0.455. The minimum atomic E-state index is -0.969. The Morgan fingerprint density at radius 3 is 2.29 bits per heavy atom. The van der Waals surface area contributed by atoms with Gasteiger partial charge in [-0.3, -0.25) is 14.4 Å². The molecule has 0 fully saturated rings. The second-order valence-electron chi connectivity index (χ2n) is 12.9. The predicted octanol–water partition coefficient (Wildman–Crippen LogP) is 4.46. The molecule has 0 aliphatic carbocycles. The number of Topliss-reactive ketones (excluding diaryl/α,β-unsaturated/α-hetero) is 1. The summed E-state index contributed by atoms with van der Waals surface area (Å²) in [5.74, 6) is -0.313. The van der Waals surface area contributed by atoms with Gasteiger partial charge >= 0.3 is 12.2 Å². The topological polar surface area (TPSA) is 142 Å². The average Bonchev–Trinajstić information content (AvgIpc) is 3.28. The lowest BCUT2D eigenvalue weighted by Gasteiger charge is -2.23. The van der Waals surface area contributed by atoms with E-state index in [1.54, 1.807) is 104 Å². The number of ketones is 1. The van der Waals surface area contributed by atoms with E-state index < -0.39 is 40.8 Å². The molecule has 12 heteroatoms. The van der Waals surface area contributed by atoms with Crippen LogP contribution in [0.4, 0.5) is 9.59 Å². The minimum Gasteiger partial charge on any atom is -0.444 e. The fourth-order valence-corrected chi connectivity index (χ4v) is 4.36. The predicted molar refractivity (Wildman–Crippen MR) is 170 cm³/mol. The first-order chi connectivity index (χ1) is 20.9. The number of para-hydroxylation sites is 2. The van der Waals surface area contributed by atoms with Gasteiger partial charge in [0.25, 0.3) is 5.56 Å². The highest BCUT2D eigenvalue weighted by Crippen LogP contribution is 2.20. The number of benzene rings is 1. The number of nitrogens with one attached hydrogen (secondary N) is 1. The lowest BCUT2D eigenvalue weighted by atomic mass is 10.0. The molecule has 0 radical (unpaired) electrons. The monoisotopic (exact) mass is 621 g/mol. The maximum atomic E-state index is 13.6. The van der Waals surface area contributed by atoms with Crippen LogP contribution in [0.25, 0.3) is 11.0 Å². The van der Waals surface area contributed by atoms with Crippen molar-refractivity contribution in [1.82, 2.24) is 24.3 Å². The molecular weight excluding hydrogens is 578 g/mol. The van der Waals surface area contributed by atoms with Gasteiger partial charge in [-0.25, -0.2) is 19.1 Å². The molecule has 12 nitrogen and oxygen atoms in total. The van der Waals surface area contributed by atoms with Crippen LogP contribution in [0.1, 0.15) is 65.8 Å². The molecule has 45 heavy (non-hydrogen) atoms. The summed E-state index contributed by atoms with van der Waals surface area (Å²) >= 11 is 0. The molecule has 0 aliphatic heterocycles. The highest BCUT2D eigenvalue weighted by atomic mass is 16.6. The van der Waals surface area contributed by atoms with Gasteiger partial charge in [-0.2, -0.15) is 0 Å². The first-order valence-corrected chi connectivity index (χ1v) is 14.7. The molecule has 2 heterocycles. The highest BCUT2D eigenvalue weighted by molar-refractivity contribution is 5.89. The van der Waals surface area contributed by atoms with Crippen molar-refractivity contribution in [2.75, 3.05) is 14.1 Å². The van der Waals surface area contributed by atoms with Crippen LogP contribution >= 0.6 is 0 Å². The van der Waals surface area contributed by atoms with Crippen LogP contribution in [0, 0.1) is 0 Å². The van der Waals surface area contributed by atoms with Gasteiger partial charge in [-0.1, -0.05) is 24.3 Å². The maximum Gasteiger partial charge on any atom is 0.420 e. The zero-order chi connectivity index (χ0) is 33.5. The third-order valence-corrected chi connectivity index (χ3v) is 6.38. The zero-order valence-corrected chi connectivity index (χ0v) is 27.2. The Morgan fingerprint density at radius 1 is 0.978 bits per heavy atom. The van der Waals surface area contributed by atoms with Gasteiger partial charge in [0.05, 0.1) is 23.6 Å². The molecule has 0 saturated carbocycles. The number of alkyl carbamates (subject to hydrolysis) is 1. The molecule has 0 saturated heterocycles. The van der Waals surface area contributed by atoms with Crippen LogP contribution in [-0.2, 0) is 32.0 Å². The van der Waals surface area contributed by atoms with Gasteiger partial charge in [0.1, 0.15) is 17.0 Å². The van der Waals surface area contributed by atoms with Crippen molar-refractivity contribution >= 4 is 34.9 Å². The Hall–Kier alpha value is -4.74. The quantitative estimate of drug-likeness (QED) is 0.327. The van der Waals surface area contributed by atoms with E-state index in [-0.39, 0.29) is 30.9 Å². The summed E-state index contributed by atoms with van der Waals surface area (Å²) in [6, 6.07) is 9.31. The normalized spacial score (nSPS) is 12.6. The van der Waals surface area contributed by atoms with E-state index in [0.717, 1.165) is 0 Å². The smallest absolute Gasteiger partial charge is 0.420 e. The van der Waals surface area contributed by atoms with Crippen LogP contribution in [0.3, 0.4) is 0 Å². The molecule has 1 atom stereocenters. The number of imidazole rings is 1. The molecule has 2 amide bonds. The van der Waals surface area contributed by atoms with Gasteiger partial charge in [-0.05, 0) is 78.7 Å². The van der Waals surface area contributed by atoms with E-state index in [4.69, 9.17) is 9.47 Å². The largest absolute Gasteiger partial charge is 0.444 e. The number of rotatable bonds is 10. The summed E-state index contributed by atoms with van der Waals surface area (Å²) in [5.41, 5.74) is -0.664. The molecule has 0 bridgehead atoms. The lowest BCUT2D eigenvalue weighted by Crippen LogP contribution is -2.44. The van der Waals surface area contributed by atoms with Crippen molar-refractivity contribution in [3.05, 3.63) is 76.5 Å². The van der Waals surface area contributed by atoms with Crippen LogP contribution in [-0.4, -0.2) is 74.2 Å². The first-order valence-electron chi connectivity index (χ1n) is 14.7.